The Morgan fingerprint density at radius 3 is 2.65 bits per heavy atom. The van der Waals surface area contributed by atoms with E-state index in [1.54, 1.807) is 12.1 Å². The fourth-order valence-corrected chi connectivity index (χ4v) is 1.97. The standard InChI is InChI=1S/C13H18ClNO2/c1-4-9(2)8-15(3)12-6-5-10(13(16)17)7-11(12)14/h5-7,9H,4,8H2,1-3H3,(H,16,17). The van der Waals surface area contributed by atoms with E-state index in [2.05, 4.69) is 18.7 Å². The number of hydrogen-bond donors (Lipinski definition) is 1. The van der Waals surface area contributed by atoms with Gasteiger partial charge in [0.15, 0.2) is 0 Å². The number of carbonyl (C=O) groups is 1. The summed E-state index contributed by atoms with van der Waals surface area (Å²) in [6, 6.07) is 4.83. The van der Waals surface area contributed by atoms with E-state index in [0.29, 0.717) is 10.9 Å². The van der Waals surface area contributed by atoms with Gasteiger partial charge in [0.25, 0.3) is 0 Å². The Morgan fingerprint density at radius 1 is 1.53 bits per heavy atom. The molecule has 17 heavy (non-hydrogen) atoms. The first-order chi connectivity index (χ1) is 7.95. The van der Waals surface area contributed by atoms with Crippen LogP contribution in [0.4, 0.5) is 5.69 Å². The zero-order valence-corrected chi connectivity index (χ0v) is 11.2. The van der Waals surface area contributed by atoms with E-state index >= 15 is 0 Å². The van der Waals surface area contributed by atoms with Crippen LogP contribution in [0, 0.1) is 5.92 Å². The van der Waals surface area contributed by atoms with E-state index in [-0.39, 0.29) is 5.56 Å². The summed E-state index contributed by atoms with van der Waals surface area (Å²) in [5.41, 5.74) is 1.09. The second kappa shape index (κ2) is 5.92. The van der Waals surface area contributed by atoms with Crippen molar-refractivity contribution in [2.24, 2.45) is 5.92 Å². The van der Waals surface area contributed by atoms with Crippen molar-refractivity contribution in [3.63, 3.8) is 0 Å². The maximum Gasteiger partial charge on any atom is 0.335 e. The molecule has 0 aromatic heterocycles. The van der Waals surface area contributed by atoms with Crippen LogP contribution in [-0.2, 0) is 0 Å². The molecule has 0 aliphatic rings. The molecule has 1 aromatic rings. The van der Waals surface area contributed by atoms with Crippen LogP contribution in [0.1, 0.15) is 30.6 Å². The van der Waals surface area contributed by atoms with Crippen LogP contribution in [0.25, 0.3) is 0 Å². The molecule has 0 amide bonds. The molecule has 1 N–H and O–H groups in total. The average molecular weight is 256 g/mol. The van der Waals surface area contributed by atoms with Crippen molar-refractivity contribution in [3.8, 4) is 0 Å². The van der Waals surface area contributed by atoms with Gasteiger partial charge in [-0.15, -0.1) is 0 Å². The molecule has 1 aromatic carbocycles. The lowest BCUT2D eigenvalue weighted by atomic mass is 10.1. The normalized spacial score (nSPS) is 12.2. The second-order valence-electron chi connectivity index (χ2n) is 4.37. The first-order valence-electron chi connectivity index (χ1n) is 5.69. The van der Waals surface area contributed by atoms with Gasteiger partial charge in [0.05, 0.1) is 16.3 Å². The molecule has 3 nitrogen and oxygen atoms in total. The molecule has 1 rings (SSSR count). The summed E-state index contributed by atoms with van der Waals surface area (Å²) in [5.74, 6) is -0.377. The number of aromatic carboxylic acids is 1. The number of hydrogen-bond acceptors (Lipinski definition) is 2. The maximum atomic E-state index is 10.8. The first-order valence-corrected chi connectivity index (χ1v) is 6.07. The first kappa shape index (κ1) is 13.8. The van der Waals surface area contributed by atoms with Crippen LogP contribution in [0.5, 0.6) is 0 Å². The quantitative estimate of drug-likeness (QED) is 0.875. The second-order valence-corrected chi connectivity index (χ2v) is 4.77. The summed E-state index contributed by atoms with van der Waals surface area (Å²) in [5, 5.41) is 9.33. The van der Waals surface area contributed by atoms with E-state index < -0.39 is 5.97 Å². The average Bonchev–Trinajstić information content (AvgIpc) is 2.28. The van der Waals surface area contributed by atoms with Gasteiger partial charge in [-0.1, -0.05) is 31.9 Å². The lowest BCUT2D eigenvalue weighted by Gasteiger charge is -2.23. The topological polar surface area (TPSA) is 40.5 Å². The van der Waals surface area contributed by atoms with Crippen LogP contribution < -0.4 is 4.90 Å². The Balaban J connectivity index is 2.88. The van der Waals surface area contributed by atoms with Crippen molar-refractivity contribution in [2.75, 3.05) is 18.5 Å². The predicted octanol–water partition coefficient (Wildman–Crippen LogP) is 3.52. The Labute approximate surface area is 107 Å². The number of halogens is 1. The van der Waals surface area contributed by atoms with E-state index in [1.165, 1.54) is 6.07 Å². The lowest BCUT2D eigenvalue weighted by molar-refractivity contribution is 0.0697. The highest BCUT2D eigenvalue weighted by Crippen LogP contribution is 2.26. The summed E-state index contributed by atoms with van der Waals surface area (Å²) >= 11 is 6.09. The van der Waals surface area contributed by atoms with E-state index in [1.807, 2.05) is 7.05 Å². The highest BCUT2D eigenvalue weighted by Gasteiger charge is 2.11. The number of anilines is 1. The minimum atomic E-state index is -0.956. The van der Waals surface area contributed by atoms with Gasteiger partial charge in [-0.05, 0) is 24.1 Å². The Bertz CT molecular complexity index is 406. The molecule has 0 bridgehead atoms. The van der Waals surface area contributed by atoms with Gasteiger partial charge in [0.1, 0.15) is 0 Å². The lowest BCUT2D eigenvalue weighted by Crippen LogP contribution is -2.23. The molecule has 0 radical (unpaired) electrons. The van der Waals surface area contributed by atoms with Crippen molar-refractivity contribution >= 4 is 23.3 Å². The van der Waals surface area contributed by atoms with Crippen LogP contribution in [-0.4, -0.2) is 24.7 Å². The third-order valence-electron chi connectivity index (χ3n) is 2.89. The van der Waals surface area contributed by atoms with Crippen molar-refractivity contribution < 1.29 is 9.90 Å². The molecule has 4 heteroatoms. The summed E-state index contributed by atoms with van der Waals surface area (Å²) in [6.45, 7) is 5.23. The maximum absolute atomic E-state index is 10.8. The van der Waals surface area contributed by atoms with Gasteiger partial charge >= 0.3 is 5.97 Å². The van der Waals surface area contributed by atoms with Gasteiger partial charge in [0.2, 0.25) is 0 Å². The minimum Gasteiger partial charge on any atom is -0.478 e. The molecule has 0 heterocycles. The molecule has 94 valence electrons. The van der Waals surface area contributed by atoms with E-state index in [0.717, 1.165) is 18.7 Å². The van der Waals surface area contributed by atoms with E-state index in [4.69, 9.17) is 16.7 Å². The largest absolute Gasteiger partial charge is 0.478 e. The van der Waals surface area contributed by atoms with Crippen LogP contribution >= 0.6 is 11.6 Å². The third kappa shape index (κ3) is 3.63. The summed E-state index contributed by atoms with van der Waals surface area (Å²) in [4.78, 5) is 12.8. The van der Waals surface area contributed by atoms with Crippen molar-refractivity contribution in [1.82, 2.24) is 0 Å². The van der Waals surface area contributed by atoms with Crippen LogP contribution in [0.15, 0.2) is 18.2 Å². The third-order valence-corrected chi connectivity index (χ3v) is 3.19. The number of benzene rings is 1. The van der Waals surface area contributed by atoms with Crippen molar-refractivity contribution in [3.05, 3.63) is 28.8 Å². The summed E-state index contributed by atoms with van der Waals surface area (Å²) in [6.07, 6.45) is 1.11. The predicted molar refractivity (Wildman–Crippen MR) is 71.1 cm³/mol. The number of carboxylic acids is 1. The van der Waals surface area contributed by atoms with Gasteiger partial charge in [-0.2, -0.15) is 0 Å². The molecule has 0 spiro atoms. The Hall–Kier alpha value is -1.22. The van der Waals surface area contributed by atoms with Gasteiger partial charge < -0.3 is 10.0 Å². The minimum absolute atomic E-state index is 0.218. The van der Waals surface area contributed by atoms with Crippen LogP contribution in [0.3, 0.4) is 0 Å². The SMILES string of the molecule is CCC(C)CN(C)c1ccc(C(=O)O)cc1Cl. The molecular weight excluding hydrogens is 238 g/mol. The van der Waals surface area contributed by atoms with Crippen molar-refractivity contribution in [1.29, 1.82) is 0 Å². The molecular formula is C13H18ClNO2. The van der Waals surface area contributed by atoms with Crippen LogP contribution in [0.2, 0.25) is 5.02 Å². The highest BCUT2D eigenvalue weighted by molar-refractivity contribution is 6.33. The molecule has 0 fully saturated rings. The Morgan fingerprint density at radius 2 is 2.18 bits per heavy atom. The summed E-state index contributed by atoms with van der Waals surface area (Å²) in [7, 11) is 1.97. The monoisotopic (exact) mass is 255 g/mol. The number of carboxylic acid groups (broad SMARTS) is 1. The number of nitrogens with zero attached hydrogens (tertiary/aromatic N) is 1. The van der Waals surface area contributed by atoms with E-state index in [9.17, 15) is 4.79 Å². The molecule has 1 unspecified atom stereocenters. The fourth-order valence-electron chi connectivity index (χ4n) is 1.64. The zero-order valence-electron chi connectivity index (χ0n) is 10.4. The van der Waals surface area contributed by atoms with Gasteiger partial charge in [0, 0.05) is 13.6 Å². The smallest absolute Gasteiger partial charge is 0.335 e. The fraction of sp³-hybridized carbons (Fsp3) is 0.462. The Kier molecular flexibility index (Phi) is 4.82. The van der Waals surface area contributed by atoms with Crippen molar-refractivity contribution in [2.45, 2.75) is 20.3 Å². The van der Waals surface area contributed by atoms with Gasteiger partial charge in [-0.3, -0.25) is 0 Å². The number of rotatable bonds is 5. The molecule has 0 saturated heterocycles. The highest BCUT2D eigenvalue weighted by atomic mass is 35.5. The summed E-state index contributed by atoms with van der Waals surface area (Å²) < 4.78 is 0. The zero-order chi connectivity index (χ0) is 13.0. The van der Waals surface area contributed by atoms with Gasteiger partial charge in [-0.25, -0.2) is 4.79 Å². The molecule has 0 aliphatic carbocycles. The molecule has 0 aliphatic heterocycles. The molecule has 0 saturated carbocycles. The molecule has 1 atom stereocenters.